The van der Waals surface area contributed by atoms with E-state index >= 15 is 0 Å². The molecule has 18 heavy (non-hydrogen) atoms. The predicted octanol–water partition coefficient (Wildman–Crippen LogP) is 0.622. The SMILES string of the molecule is CCC(CC)N(CCO)CC(=O)NCCCOC. The van der Waals surface area contributed by atoms with E-state index in [-0.39, 0.29) is 12.5 Å². The van der Waals surface area contributed by atoms with Crippen LogP contribution in [0, 0.1) is 0 Å². The summed E-state index contributed by atoms with van der Waals surface area (Å²) in [5.74, 6) is 0.0199. The number of nitrogens with one attached hydrogen (secondary N) is 1. The van der Waals surface area contributed by atoms with Crippen molar-refractivity contribution in [2.45, 2.75) is 39.2 Å². The van der Waals surface area contributed by atoms with Crippen LogP contribution >= 0.6 is 0 Å². The maximum absolute atomic E-state index is 11.8. The van der Waals surface area contributed by atoms with E-state index in [1.165, 1.54) is 0 Å². The van der Waals surface area contributed by atoms with Gasteiger partial charge in [-0.2, -0.15) is 0 Å². The van der Waals surface area contributed by atoms with E-state index in [9.17, 15) is 4.79 Å². The van der Waals surface area contributed by atoms with Gasteiger partial charge in [0.25, 0.3) is 0 Å². The van der Waals surface area contributed by atoms with Gasteiger partial charge in [0, 0.05) is 32.8 Å². The van der Waals surface area contributed by atoms with Crippen LogP contribution in [0.3, 0.4) is 0 Å². The molecule has 0 radical (unpaired) electrons. The fourth-order valence-electron chi connectivity index (χ4n) is 2.01. The lowest BCUT2D eigenvalue weighted by atomic mass is 10.1. The van der Waals surface area contributed by atoms with Crippen LogP contribution in [0.5, 0.6) is 0 Å². The van der Waals surface area contributed by atoms with Crippen LogP contribution in [0.15, 0.2) is 0 Å². The number of methoxy groups -OCH3 is 1. The minimum Gasteiger partial charge on any atom is -0.395 e. The molecule has 0 heterocycles. The minimum absolute atomic E-state index is 0.0199. The zero-order valence-electron chi connectivity index (χ0n) is 11.9. The summed E-state index contributed by atoms with van der Waals surface area (Å²) in [7, 11) is 1.65. The highest BCUT2D eigenvalue weighted by atomic mass is 16.5. The third kappa shape index (κ3) is 7.63. The summed E-state index contributed by atoms with van der Waals surface area (Å²) >= 11 is 0. The number of hydrogen-bond donors (Lipinski definition) is 2. The Kier molecular flexibility index (Phi) is 11.0. The molecule has 0 saturated heterocycles. The number of amides is 1. The van der Waals surface area contributed by atoms with Crippen LogP contribution in [-0.4, -0.2) is 61.9 Å². The van der Waals surface area contributed by atoms with Gasteiger partial charge in [0.15, 0.2) is 0 Å². The van der Waals surface area contributed by atoms with E-state index in [4.69, 9.17) is 9.84 Å². The van der Waals surface area contributed by atoms with Gasteiger partial charge in [-0.25, -0.2) is 0 Å². The van der Waals surface area contributed by atoms with Crippen molar-refractivity contribution >= 4 is 5.91 Å². The summed E-state index contributed by atoms with van der Waals surface area (Å²) in [6.07, 6.45) is 2.81. The fourth-order valence-corrected chi connectivity index (χ4v) is 2.01. The first kappa shape index (κ1) is 17.4. The molecule has 0 aliphatic heterocycles. The van der Waals surface area contributed by atoms with Gasteiger partial charge in [-0.3, -0.25) is 9.69 Å². The third-order valence-electron chi connectivity index (χ3n) is 3.04. The Bertz CT molecular complexity index is 208. The van der Waals surface area contributed by atoms with Crippen LogP contribution in [0.2, 0.25) is 0 Å². The van der Waals surface area contributed by atoms with Crippen molar-refractivity contribution in [3.8, 4) is 0 Å². The van der Waals surface area contributed by atoms with Crippen LogP contribution in [0.25, 0.3) is 0 Å². The molecular weight excluding hydrogens is 232 g/mol. The Morgan fingerprint density at radius 3 is 2.56 bits per heavy atom. The fraction of sp³-hybridized carbons (Fsp3) is 0.923. The summed E-state index contributed by atoms with van der Waals surface area (Å²) in [6, 6.07) is 0.363. The van der Waals surface area contributed by atoms with Crippen molar-refractivity contribution in [3.63, 3.8) is 0 Å². The first-order valence-electron chi connectivity index (χ1n) is 6.80. The topological polar surface area (TPSA) is 61.8 Å². The largest absolute Gasteiger partial charge is 0.395 e. The smallest absolute Gasteiger partial charge is 0.234 e. The average molecular weight is 260 g/mol. The summed E-state index contributed by atoms with van der Waals surface area (Å²) in [6.45, 7) is 6.52. The van der Waals surface area contributed by atoms with Crippen LogP contribution in [0.1, 0.15) is 33.1 Å². The van der Waals surface area contributed by atoms with E-state index in [1.54, 1.807) is 7.11 Å². The number of ether oxygens (including phenoxy) is 1. The Labute approximate surface area is 110 Å². The summed E-state index contributed by atoms with van der Waals surface area (Å²) in [5.41, 5.74) is 0. The Balaban J connectivity index is 4.02. The molecule has 0 aliphatic rings. The van der Waals surface area contributed by atoms with Crippen molar-refractivity contribution in [3.05, 3.63) is 0 Å². The second kappa shape index (κ2) is 11.4. The number of carbonyl (C=O) groups excluding carboxylic acids is 1. The van der Waals surface area contributed by atoms with Gasteiger partial charge in [0.05, 0.1) is 13.2 Å². The molecule has 0 atom stereocenters. The second-order valence-corrected chi connectivity index (χ2v) is 4.36. The highest BCUT2D eigenvalue weighted by molar-refractivity contribution is 5.78. The Morgan fingerprint density at radius 1 is 1.39 bits per heavy atom. The number of aliphatic hydroxyl groups is 1. The Hall–Kier alpha value is -0.650. The molecule has 0 aromatic heterocycles. The lowest BCUT2D eigenvalue weighted by Gasteiger charge is -2.29. The Morgan fingerprint density at radius 2 is 2.06 bits per heavy atom. The zero-order valence-corrected chi connectivity index (χ0v) is 11.9. The summed E-state index contributed by atoms with van der Waals surface area (Å²) in [4.78, 5) is 13.8. The molecule has 5 heteroatoms. The molecule has 1 amide bonds. The van der Waals surface area contributed by atoms with E-state index in [0.717, 1.165) is 19.3 Å². The van der Waals surface area contributed by atoms with Gasteiger partial charge >= 0.3 is 0 Å². The van der Waals surface area contributed by atoms with Gasteiger partial charge in [0.1, 0.15) is 0 Å². The first-order valence-corrected chi connectivity index (χ1v) is 6.80. The van der Waals surface area contributed by atoms with Crippen molar-refractivity contribution in [2.24, 2.45) is 0 Å². The van der Waals surface area contributed by atoms with Crippen molar-refractivity contribution < 1.29 is 14.6 Å². The predicted molar refractivity (Wildman–Crippen MR) is 72.5 cm³/mol. The van der Waals surface area contributed by atoms with Crippen LogP contribution < -0.4 is 5.32 Å². The number of nitrogens with zero attached hydrogens (tertiary/aromatic N) is 1. The lowest BCUT2D eigenvalue weighted by molar-refractivity contribution is -0.123. The number of hydrogen-bond acceptors (Lipinski definition) is 4. The molecule has 0 bridgehead atoms. The van der Waals surface area contributed by atoms with Crippen molar-refractivity contribution in [2.75, 3.05) is 40.0 Å². The van der Waals surface area contributed by atoms with Gasteiger partial charge < -0.3 is 15.2 Å². The average Bonchev–Trinajstić information content (AvgIpc) is 2.36. The summed E-state index contributed by atoms with van der Waals surface area (Å²) < 4.78 is 4.92. The normalized spacial score (nSPS) is 11.2. The molecule has 0 aromatic rings. The van der Waals surface area contributed by atoms with Crippen molar-refractivity contribution in [1.82, 2.24) is 10.2 Å². The van der Waals surface area contributed by atoms with Gasteiger partial charge in [-0.05, 0) is 19.3 Å². The lowest BCUT2D eigenvalue weighted by Crippen LogP contribution is -2.44. The highest BCUT2D eigenvalue weighted by Gasteiger charge is 2.17. The molecule has 0 spiro atoms. The molecule has 108 valence electrons. The highest BCUT2D eigenvalue weighted by Crippen LogP contribution is 2.07. The molecule has 5 nitrogen and oxygen atoms in total. The number of carbonyl (C=O) groups is 1. The van der Waals surface area contributed by atoms with Gasteiger partial charge in [0.2, 0.25) is 5.91 Å². The maximum atomic E-state index is 11.8. The van der Waals surface area contributed by atoms with Gasteiger partial charge in [-0.1, -0.05) is 13.8 Å². The number of aliphatic hydroxyl groups excluding tert-OH is 1. The maximum Gasteiger partial charge on any atom is 0.234 e. The summed E-state index contributed by atoms with van der Waals surface area (Å²) in [5, 5.41) is 11.9. The number of rotatable bonds is 11. The molecule has 0 unspecified atom stereocenters. The van der Waals surface area contributed by atoms with Crippen LogP contribution in [0.4, 0.5) is 0 Å². The molecule has 0 rings (SSSR count). The van der Waals surface area contributed by atoms with E-state index in [2.05, 4.69) is 19.2 Å². The molecular formula is C13H28N2O3. The standard InChI is InChI=1S/C13H28N2O3/c1-4-12(5-2)15(8-9-16)11-13(17)14-7-6-10-18-3/h12,16H,4-11H2,1-3H3,(H,14,17). The van der Waals surface area contributed by atoms with E-state index in [1.807, 2.05) is 4.90 Å². The first-order chi connectivity index (χ1) is 8.69. The van der Waals surface area contributed by atoms with Crippen molar-refractivity contribution in [1.29, 1.82) is 0 Å². The van der Waals surface area contributed by atoms with E-state index < -0.39 is 0 Å². The molecule has 0 aromatic carbocycles. The minimum atomic E-state index is 0.0199. The monoisotopic (exact) mass is 260 g/mol. The van der Waals surface area contributed by atoms with E-state index in [0.29, 0.717) is 32.3 Å². The quantitative estimate of drug-likeness (QED) is 0.535. The molecule has 0 fully saturated rings. The van der Waals surface area contributed by atoms with Gasteiger partial charge in [-0.15, -0.1) is 0 Å². The molecule has 2 N–H and O–H groups in total. The van der Waals surface area contributed by atoms with Crippen LogP contribution in [-0.2, 0) is 9.53 Å². The molecule has 0 aliphatic carbocycles. The third-order valence-corrected chi connectivity index (χ3v) is 3.04. The molecule has 0 saturated carbocycles. The second-order valence-electron chi connectivity index (χ2n) is 4.36. The zero-order chi connectivity index (χ0) is 13.8.